The van der Waals surface area contributed by atoms with Crippen molar-refractivity contribution in [2.24, 2.45) is 0 Å². The molecule has 2 nitrogen and oxygen atoms in total. The van der Waals surface area contributed by atoms with Gasteiger partial charge in [-0.15, -0.1) is 0 Å². The molecule has 0 radical (unpaired) electrons. The molecule has 0 spiro atoms. The molecule has 0 saturated carbocycles. The van der Waals surface area contributed by atoms with Gasteiger partial charge in [-0.1, -0.05) is 0 Å². The number of aromatic nitrogens is 2. The normalized spacial score (nSPS) is 10.7. The van der Waals surface area contributed by atoms with Gasteiger partial charge in [0.05, 0.1) is 18.0 Å². The smallest absolute Gasteiger partial charge is 0.0992 e. The molecule has 0 bridgehead atoms. The molecule has 2 aromatic heterocycles. The van der Waals surface area contributed by atoms with Crippen molar-refractivity contribution in [1.82, 2.24) is 9.38 Å². The highest BCUT2D eigenvalue weighted by Gasteiger charge is 1.99. The van der Waals surface area contributed by atoms with Gasteiger partial charge in [-0.3, -0.25) is 0 Å². The van der Waals surface area contributed by atoms with Gasteiger partial charge in [0.1, 0.15) is 0 Å². The Bertz CT molecular complexity index is 392. The minimum atomic E-state index is 1.19. The molecule has 56 valence electrons. The van der Waals surface area contributed by atoms with Crippen molar-refractivity contribution in [3.63, 3.8) is 0 Å². The number of fused-ring (bicyclic) bond motifs is 1. The van der Waals surface area contributed by atoms with Crippen molar-refractivity contribution in [3.05, 3.63) is 33.9 Å². The summed E-state index contributed by atoms with van der Waals surface area (Å²) in [4.78, 5) is 4.06. The summed E-state index contributed by atoms with van der Waals surface area (Å²) < 4.78 is 3.30. The Balaban J connectivity index is 2.93. The monoisotopic (exact) mass is 258 g/mol. The first-order valence-corrected chi connectivity index (χ1v) is 4.43. The predicted octanol–water partition coefficient (Wildman–Crippen LogP) is 2.25. The molecular formula is C8H7IN2. The molecule has 0 aliphatic rings. The lowest BCUT2D eigenvalue weighted by molar-refractivity contribution is 1.14. The summed E-state index contributed by atoms with van der Waals surface area (Å²) in [5.74, 6) is 0. The number of imidazole rings is 1. The number of halogens is 1. The molecule has 0 fully saturated rings. The summed E-state index contributed by atoms with van der Waals surface area (Å²) in [6.45, 7) is 2.11. The lowest BCUT2D eigenvalue weighted by atomic mass is 10.3. The van der Waals surface area contributed by atoms with Gasteiger partial charge in [-0.2, -0.15) is 0 Å². The summed E-state index contributed by atoms with van der Waals surface area (Å²) in [5.41, 5.74) is 2.49. The highest BCUT2D eigenvalue weighted by Crippen LogP contribution is 2.16. The fourth-order valence-electron chi connectivity index (χ4n) is 1.06. The van der Waals surface area contributed by atoms with Crippen LogP contribution in [0, 0.1) is 10.5 Å². The minimum Gasteiger partial charge on any atom is -0.305 e. The lowest BCUT2D eigenvalue weighted by Crippen LogP contribution is -1.87. The first kappa shape index (κ1) is 7.09. The molecule has 2 heterocycles. The summed E-state index contributed by atoms with van der Waals surface area (Å²) in [5, 5.41) is 0. The van der Waals surface area contributed by atoms with Crippen LogP contribution in [-0.4, -0.2) is 9.38 Å². The van der Waals surface area contributed by atoms with Crippen molar-refractivity contribution in [1.29, 1.82) is 0 Å². The maximum Gasteiger partial charge on any atom is 0.0992 e. The van der Waals surface area contributed by atoms with Crippen LogP contribution in [0.15, 0.2) is 24.8 Å². The third-order valence-corrected chi connectivity index (χ3v) is 3.13. The number of rotatable bonds is 0. The van der Waals surface area contributed by atoms with E-state index in [0.29, 0.717) is 0 Å². The Morgan fingerprint density at radius 2 is 2.36 bits per heavy atom. The number of pyridine rings is 1. The number of hydrogen-bond donors (Lipinski definition) is 0. The van der Waals surface area contributed by atoms with Gasteiger partial charge in [0.2, 0.25) is 0 Å². The van der Waals surface area contributed by atoms with Crippen LogP contribution in [0.25, 0.3) is 5.52 Å². The zero-order valence-corrected chi connectivity index (χ0v) is 8.24. The Labute approximate surface area is 78.4 Å². The van der Waals surface area contributed by atoms with Gasteiger partial charge in [0.15, 0.2) is 0 Å². The van der Waals surface area contributed by atoms with Crippen LogP contribution >= 0.6 is 22.6 Å². The van der Waals surface area contributed by atoms with Gasteiger partial charge in [-0.05, 0) is 41.1 Å². The molecule has 0 unspecified atom stereocenters. The first-order chi connectivity index (χ1) is 5.29. The molecule has 0 saturated heterocycles. The number of nitrogens with zero attached hydrogens (tertiary/aromatic N) is 2. The molecule has 2 aromatic rings. The Kier molecular flexibility index (Phi) is 1.60. The fourth-order valence-corrected chi connectivity index (χ4v) is 1.66. The van der Waals surface area contributed by atoms with Crippen molar-refractivity contribution in [2.45, 2.75) is 6.92 Å². The average molecular weight is 258 g/mol. The molecule has 3 heteroatoms. The Hall–Kier alpha value is -0.580. The zero-order chi connectivity index (χ0) is 7.84. The van der Waals surface area contributed by atoms with Crippen LogP contribution in [0.2, 0.25) is 0 Å². The molecule has 11 heavy (non-hydrogen) atoms. The van der Waals surface area contributed by atoms with Gasteiger partial charge in [-0.25, -0.2) is 4.98 Å². The van der Waals surface area contributed by atoms with E-state index in [4.69, 9.17) is 0 Å². The standard InChI is InChI=1S/C8H7IN2/c1-6-2-3-11-5-10-4-7(11)8(6)9/h2-5H,1H3. The van der Waals surface area contributed by atoms with Crippen molar-refractivity contribution in [2.75, 3.05) is 0 Å². The van der Waals surface area contributed by atoms with Crippen LogP contribution in [0.1, 0.15) is 5.56 Å². The second kappa shape index (κ2) is 2.48. The maximum absolute atomic E-state index is 4.06. The van der Waals surface area contributed by atoms with Crippen LogP contribution in [-0.2, 0) is 0 Å². The van der Waals surface area contributed by atoms with E-state index in [0.717, 1.165) is 0 Å². The second-order valence-corrected chi connectivity index (χ2v) is 3.58. The van der Waals surface area contributed by atoms with Crippen LogP contribution in [0.5, 0.6) is 0 Å². The van der Waals surface area contributed by atoms with Crippen molar-refractivity contribution in [3.8, 4) is 0 Å². The highest BCUT2D eigenvalue weighted by molar-refractivity contribution is 14.1. The van der Waals surface area contributed by atoms with E-state index in [1.165, 1.54) is 14.7 Å². The summed E-state index contributed by atoms with van der Waals surface area (Å²) in [6.07, 6.45) is 5.73. The van der Waals surface area contributed by atoms with E-state index in [2.05, 4.69) is 40.6 Å². The third-order valence-electron chi connectivity index (χ3n) is 1.72. The molecule has 0 aliphatic carbocycles. The lowest BCUT2D eigenvalue weighted by Gasteiger charge is -1.99. The molecular weight excluding hydrogens is 251 g/mol. The van der Waals surface area contributed by atoms with Crippen LogP contribution in [0.4, 0.5) is 0 Å². The SMILES string of the molecule is Cc1ccn2cncc2c1I. The van der Waals surface area contributed by atoms with E-state index >= 15 is 0 Å². The summed E-state index contributed by atoms with van der Waals surface area (Å²) in [6, 6.07) is 2.09. The quantitative estimate of drug-likeness (QED) is 0.662. The van der Waals surface area contributed by atoms with E-state index < -0.39 is 0 Å². The molecule has 0 amide bonds. The van der Waals surface area contributed by atoms with Gasteiger partial charge >= 0.3 is 0 Å². The zero-order valence-electron chi connectivity index (χ0n) is 6.08. The number of hydrogen-bond acceptors (Lipinski definition) is 1. The Morgan fingerprint density at radius 3 is 3.18 bits per heavy atom. The molecule has 0 N–H and O–H groups in total. The van der Waals surface area contributed by atoms with E-state index in [9.17, 15) is 0 Å². The minimum absolute atomic E-state index is 1.19. The molecule has 0 aromatic carbocycles. The van der Waals surface area contributed by atoms with Gasteiger partial charge < -0.3 is 4.40 Å². The first-order valence-electron chi connectivity index (χ1n) is 3.36. The summed E-state index contributed by atoms with van der Waals surface area (Å²) >= 11 is 2.34. The Morgan fingerprint density at radius 1 is 1.55 bits per heavy atom. The molecule has 2 rings (SSSR count). The second-order valence-electron chi connectivity index (χ2n) is 2.50. The van der Waals surface area contributed by atoms with E-state index in [1.54, 1.807) is 0 Å². The van der Waals surface area contributed by atoms with Gasteiger partial charge in [0.25, 0.3) is 0 Å². The summed E-state index contributed by atoms with van der Waals surface area (Å²) in [7, 11) is 0. The van der Waals surface area contributed by atoms with Crippen LogP contribution < -0.4 is 0 Å². The molecule has 0 aliphatic heterocycles. The van der Waals surface area contributed by atoms with Gasteiger partial charge in [0, 0.05) is 9.77 Å². The maximum atomic E-state index is 4.06. The van der Waals surface area contributed by atoms with Crippen LogP contribution in [0.3, 0.4) is 0 Å². The van der Waals surface area contributed by atoms with E-state index in [1.807, 2.05) is 23.1 Å². The van der Waals surface area contributed by atoms with Crippen molar-refractivity contribution >= 4 is 28.1 Å². The predicted molar refractivity (Wildman–Crippen MR) is 52.6 cm³/mol. The topological polar surface area (TPSA) is 17.3 Å². The fraction of sp³-hybridized carbons (Fsp3) is 0.125. The van der Waals surface area contributed by atoms with E-state index in [-0.39, 0.29) is 0 Å². The van der Waals surface area contributed by atoms with Crippen molar-refractivity contribution < 1.29 is 0 Å². The highest BCUT2D eigenvalue weighted by atomic mass is 127. The average Bonchev–Trinajstić information content (AvgIpc) is 2.45. The number of aryl methyl sites for hydroxylation is 1. The largest absolute Gasteiger partial charge is 0.305 e. The third kappa shape index (κ3) is 1.03. The molecule has 0 atom stereocenters.